The Labute approximate surface area is 94.1 Å². The molecule has 0 saturated carbocycles. The molecule has 4 nitrogen and oxygen atoms in total. The van der Waals surface area contributed by atoms with Gasteiger partial charge in [0.2, 0.25) is 10.7 Å². The fraction of sp³-hybridized carbons (Fsp3) is 0.500. The van der Waals surface area contributed by atoms with Crippen LogP contribution in [0, 0.1) is 10.7 Å². The number of allylic oxidation sites excluding steroid dienone is 1. The second-order valence-electron chi connectivity index (χ2n) is 3.69. The van der Waals surface area contributed by atoms with E-state index in [1.165, 1.54) is 6.33 Å². The highest BCUT2D eigenvalue weighted by Gasteiger charge is 2.18. The fourth-order valence-electron chi connectivity index (χ4n) is 1.80. The number of piperidine rings is 1. The van der Waals surface area contributed by atoms with E-state index in [2.05, 4.69) is 26.4 Å². The molecule has 1 fully saturated rings. The maximum absolute atomic E-state index is 4.97. The zero-order chi connectivity index (χ0) is 10.7. The number of aromatic amines is 1. The van der Waals surface area contributed by atoms with Gasteiger partial charge in [-0.05, 0) is 31.0 Å². The van der Waals surface area contributed by atoms with Crippen molar-refractivity contribution in [2.45, 2.75) is 12.8 Å². The van der Waals surface area contributed by atoms with Gasteiger partial charge in [-0.2, -0.15) is 0 Å². The molecule has 0 bridgehead atoms. The molecule has 2 rings (SSSR count). The van der Waals surface area contributed by atoms with Crippen molar-refractivity contribution >= 4 is 18.2 Å². The summed E-state index contributed by atoms with van der Waals surface area (Å²) in [6.45, 7) is 5.83. The Kier molecular flexibility index (Phi) is 3.11. The summed E-state index contributed by atoms with van der Waals surface area (Å²) in [6, 6.07) is 0. The van der Waals surface area contributed by atoms with Crippen LogP contribution in [0.4, 0.5) is 5.95 Å². The number of aromatic nitrogens is 3. The van der Waals surface area contributed by atoms with Crippen LogP contribution < -0.4 is 4.90 Å². The van der Waals surface area contributed by atoms with E-state index >= 15 is 0 Å². The van der Waals surface area contributed by atoms with Gasteiger partial charge in [-0.3, -0.25) is 0 Å². The summed E-state index contributed by atoms with van der Waals surface area (Å²) in [6.07, 6.45) is 5.81. The van der Waals surface area contributed by atoms with Crippen LogP contribution in [0.3, 0.4) is 0 Å². The summed E-state index contributed by atoms with van der Waals surface area (Å²) in [7, 11) is 0. The third kappa shape index (κ3) is 2.41. The Bertz CT molecular complexity index is 392. The van der Waals surface area contributed by atoms with Crippen LogP contribution >= 0.6 is 12.2 Å². The van der Waals surface area contributed by atoms with Crippen molar-refractivity contribution in [3.8, 4) is 0 Å². The van der Waals surface area contributed by atoms with Gasteiger partial charge in [0.1, 0.15) is 6.33 Å². The normalized spacial score (nSPS) is 17.7. The van der Waals surface area contributed by atoms with Gasteiger partial charge in [-0.15, -0.1) is 6.58 Å². The van der Waals surface area contributed by atoms with Crippen molar-refractivity contribution in [3.63, 3.8) is 0 Å². The molecule has 15 heavy (non-hydrogen) atoms. The Balaban J connectivity index is 2.07. The van der Waals surface area contributed by atoms with Gasteiger partial charge in [0.15, 0.2) is 0 Å². The zero-order valence-corrected chi connectivity index (χ0v) is 9.33. The summed E-state index contributed by atoms with van der Waals surface area (Å²) >= 11 is 4.97. The summed E-state index contributed by atoms with van der Waals surface area (Å²) in [5, 5.41) is 0. The lowest BCUT2D eigenvalue weighted by molar-refractivity contribution is 0.473. The number of hydrogen-bond donors (Lipinski definition) is 1. The number of nitrogens with one attached hydrogen (secondary N) is 1. The first-order valence-electron chi connectivity index (χ1n) is 5.08. The number of H-pyrrole nitrogens is 1. The minimum absolute atomic E-state index is 0.492. The molecule has 1 aliphatic rings. The van der Waals surface area contributed by atoms with Crippen molar-refractivity contribution in [1.29, 1.82) is 0 Å². The molecule has 5 heteroatoms. The summed E-state index contributed by atoms with van der Waals surface area (Å²) < 4.78 is 0.492. The molecule has 0 unspecified atom stereocenters. The van der Waals surface area contributed by atoms with Gasteiger partial charge >= 0.3 is 0 Å². The first-order valence-corrected chi connectivity index (χ1v) is 5.49. The second-order valence-corrected chi connectivity index (χ2v) is 4.07. The smallest absolute Gasteiger partial charge is 0.206 e. The van der Waals surface area contributed by atoms with Gasteiger partial charge in [0, 0.05) is 13.1 Å². The van der Waals surface area contributed by atoms with Gasteiger partial charge < -0.3 is 9.88 Å². The van der Waals surface area contributed by atoms with E-state index in [0.717, 1.165) is 31.9 Å². The highest BCUT2D eigenvalue weighted by molar-refractivity contribution is 7.71. The van der Waals surface area contributed by atoms with Crippen LogP contribution in [0.1, 0.15) is 12.8 Å². The Morgan fingerprint density at radius 3 is 2.80 bits per heavy atom. The van der Waals surface area contributed by atoms with Gasteiger partial charge in [-0.1, -0.05) is 6.08 Å². The van der Waals surface area contributed by atoms with E-state index in [4.69, 9.17) is 12.2 Å². The summed E-state index contributed by atoms with van der Waals surface area (Å²) in [4.78, 5) is 13.3. The SMILES string of the molecule is C=CC1CCN(c2ncnc(=S)[nH]2)CC1. The lowest BCUT2D eigenvalue weighted by atomic mass is 9.97. The van der Waals surface area contributed by atoms with Crippen molar-refractivity contribution in [2.24, 2.45) is 5.92 Å². The lowest BCUT2D eigenvalue weighted by Gasteiger charge is -2.30. The van der Waals surface area contributed by atoms with E-state index in [9.17, 15) is 0 Å². The van der Waals surface area contributed by atoms with E-state index in [1.807, 2.05) is 6.08 Å². The molecule has 0 atom stereocenters. The Hall–Kier alpha value is -1.23. The van der Waals surface area contributed by atoms with Gasteiger partial charge in [0.05, 0.1) is 0 Å². The van der Waals surface area contributed by atoms with Crippen LogP contribution in [0.25, 0.3) is 0 Å². The van der Waals surface area contributed by atoms with Crippen LogP contribution in [0.2, 0.25) is 0 Å². The molecule has 0 aromatic carbocycles. The van der Waals surface area contributed by atoms with Crippen LogP contribution in [-0.4, -0.2) is 28.0 Å². The molecule has 0 radical (unpaired) electrons. The monoisotopic (exact) mass is 222 g/mol. The zero-order valence-electron chi connectivity index (χ0n) is 8.52. The molecule has 1 saturated heterocycles. The number of rotatable bonds is 2. The third-order valence-corrected chi connectivity index (χ3v) is 2.95. The number of nitrogens with zero attached hydrogens (tertiary/aromatic N) is 3. The molecule has 1 N–H and O–H groups in total. The largest absolute Gasteiger partial charge is 0.342 e. The van der Waals surface area contributed by atoms with Gasteiger partial charge in [0.25, 0.3) is 0 Å². The molecule has 2 heterocycles. The minimum Gasteiger partial charge on any atom is -0.342 e. The molecular weight excluding hydrogens is 208 g/mol. The first-order chi connectivity index (χ1) is 7.29. The maximum atomic E-state index is 4.97. The highest BCUT2D eigenvalue weighted by atomic mass is 32.1. The number of hydrogen-bond acceptors (Lipinski definition) is 4. The second kappa shape index (κ2) is 4.53. The van der Waals surface area contributed by atoms with Gasteiger partial charge in [-0.25, -0.2) is 9.97 Å². The summed E-state index contributed by atoms with van der Waals surface area (Å²) in [5.41, 5.74) is 0. The molecule has 1 aromatic heterocycles. The van der Waals surface area contributed by atoms with Crippen LogP contribution in [-0.2, 0) is 0 Å². The quantitative estimate of drug-likeness (QED) is 0.613. The van der Waals surface area contributed by atoms with Crippen molar-refractivity contribution in [1.82, 2.24) is 15.0 Å². The molecule has 0 aliphatic carbocycles. The maximum Gasteiger partial charge on any atom is 0.206 e. The topological polar surface area (TPSA) is 44.8 Å². The van der Waals surface area contributed by atoms with Crippen molar-refractivity contribution in [3.05, 3.63) is 23.8 Å². The molecule has 1 aromatic rings. The minimum atomic E-state index is 0.492. The van der Waals surface area contributed by atoms with Crippen LogP contribution in [0.5, 0.6) is 0 Å². The van der Waals surface area contributed by atoms with E-state index < -0.39 is 0 Å². The third-order valence-electron chi connectivity index (χ3n) is 2.75. The molecule has 0 spiro atoms. The number of anilines is 1. The van der Waals surface area contributed by atoms with Crippen molar-refractivity contribution < 1.29 is 0 Å². The molecule has 1 aliphatic heterocycles. The highest BCUT2D eigenvalue weighted by Crippen LogP contribution is 2.20. The predicted molar refractivity (Wildman–Crippen MR) is 62.4 cm³/mol. The molecule has 0 amide bonds. The average molecular weight is 222 g/mol. The standard InChI is InChI=1S/C10H14N4S/c1-2-8-3-5-14(6-4-8)9-11-7-12-10(15)13-9/h2,7-8H,1,3-6H2,(H,11,12,13,15). The Morgan fingerprint density at radius 2 is 2.20 bits per heavy atom. The van der Waals surface area contributed by atoms with E-state index in [-0.39, 0.29) is 0 Å². The van der Waals surface area contributed by atoms with E-state index in [1.54, 1.807) is 0 Å². The molecular formula is C10H14N4S. The predicted octanol–water partition coefficient (Wildman–Crippen LogP) is 1.94. The van der Waals surface area contributed by atoms with E-state index in [0.29, 0.717) is 10.7 Å². The molecule has 80 valence electrons. The lowest BCUT2D eigenvalue weighted by Crippen LogP contribution is -2.34. The Morgan fingerprint density at radius 1 is 1.47 bits per heavy atom. The summed E-state index contributed by atoms with van der Waals surface area (Å²) in [5.74, 6) is 1.48. The average Bonchev–Trinajstić information content (AvgIpc) is 2.29. The van der Waals surface area contributed by atoms with Crippen LogP contribution in [0.15, 0.2) is 19.0 Å². The fourth-order valence-corrected chi connectivity index (χ4v) is 1.94. The van der Waals surface area contributed by atoms with Crippen molar-refractivity contribution in [2.75, 3.05) is 18.0 Å². The first kappa shape index (κ1) is 10.3.